The Hall–Kier alpha value is -1.83. The first-order valence-electron chi connectivity index (χ1n) is 8.41. The van der Waals surface area contributed by atoms with Crippen molar-refractivity contribution in [1.29, 1.82) is 0 Å². The topological polar surface area (TPSA) is 90.5 Å². The van der Waals surface area contributed by atoms with E-state index in [0.717, 1.165) is 12.8 Å². The van der Waals surface area contributed by atoms with E-state index in [1.807, 2.05) is 6.92 Å². The Bertz CT molecular complexity index is 674. The van der Waals surface area contributed by atoms with E-state index < -0.39 is 18.0 Å². The first-order chi connectivity index (χ1) is 12.3. The van der Waals surface area contributed by atoms with Crippen LogP contribution in [0.25, 0.3) is 0 Å². The quantitative estimate of drug-likeness (QED) is 0.655. The number of para-hydroxylation sites is 1. The minimum absolute atomic E-state index is 0.0448. The molecule has 1 aliphatic carbocycles. The van der Waals surface area contributed by atoms with Crippen molar-refractivity contribution in [3.8, 4) is 0 Å². The molecule has 3 N–H and O–H groups in total. The molecule has 1 aliphatic rings. The monoisotopic (exact) mass is 400 g/mol. The van der Waals surface area contributed by atoms with E-state index in [4.69, 9.17) is 23.2 Å². The van der Waals surface area contributed by atoms with Crippen molar-refractivity contribution in [1.82, 2.24) is 15.5 Å². The third kappa shape index (κ3) is 5.86. The Morgan fingerprint density at radius 3 is 2.38 bits per heavy atom. The van der Waals surface area contributed by atoms with E-state index in [1.54, 1.807) is 30.0 Å². The van der Waals surface area contributed by atoms with Gasteiger partial charge in [0.25, 0.3) is 0 Å². The van der Waals surface area contributed by atoms with Gasteiger partial charge >= 0.3 is 6.03 Å². The van der Waals surface area contributed by atoms with Gasteiger partial charge in [0.15, 0.2) is 0 Å². The van der Waals surface area contributed by atoms with Crippen LogP contribution in [0.5, 0.6) is 0 Å². The molecule has 26 heavy (non-hydrogen) atoms. The lowest BCUT2D eigenvalue weighted by atomic mass is 10.2. The van der Waals surface area contributed by atoms with Crippen LogP contribution in [0.15, 0.2) is 18.2 Å². The summed E-state index contributed by atoms with van der Waals surface area (Å²) in [4.78, 5) is 37.9. The number of halogens is 2. The standard InChI is InChI=1S/C17H22Cl2N4O3/c1-3-23(10(2)16(25)22-17(26)20-11-7-8-11)9-14(24)21-15-12(18)5-4-6-13(15)19/h4-6,10-11H,3,7-9H2,1-2H3,(H,21,24)(H2,20,22,25,26). The molecule has 0 bridgehead atoms. The lowest BCUT2D eigenvalue weighted by molar-refractivity contribution is -0.126. The molecule has 1 atom stereocenters. The highest BCUT2D eigenvalue weighted by Gasteiger charge is 2.27. The van der Waals surface area contributed by atoms with Crippen LogP contribution in [0.4, 0.5) is 10.5 Å². The van der Waals surface area contributed by atoms with Crippen molar-refractivity contribution < 1.29 is 14.4 Å². The van der Waals surface area contributed by atoms with Gasteiger partial charge in [0, 0.05) is 6.04 Å². The van der Waals surface area contributed by atoms with Gasteiger partial charge in [-0.05, 0) is 38.4 Å². The maximum absolute atomic E-state index is 12.3. The summed E-state index contributed by atoms with van der Waals surface area (Å²) in [7, 11) is 0. The molecule has 7 nitrogen and oxygen atoms in total. The molecule has 0 aromatic heterocycles. The SMILES string of the molecule is CCN(CC(=O)Nc1c(Cl)cccc1Cl)C(C)C(=O)NC(=O)NC1CC1. The van der Waals surface area contributed by atoms with Crippen molar-refractivity contribution in [2.24, 2.45) is 0 Å². The first kappa shape index (κ1) is 20.5. The Morgan fingerprint density at radius 2 is 1.85 bits per heavy atom. The van der Waals surface area contributed by atoms with Gasteiger partial charge in [-0.25, -0.2) is 4.79 Å². The maximum atomic E-state index is 12.3. The second-order valence-electron chi connectivity index (χ2n) is 6.12. The van der Waals surface area contributed by atoms with Crippen molar-refractivity contribution in [2.75, 3.05) is 18.4 Å². The summed E-state index contributed by atoms with van der Waals surface area (Å²) in [6, 6.07) is 3.92. The molecule has 4 amide bonds. The van der Waals surface area contributed by atoms with Crippen molar-refractivity contribution in [3.63, 3.8) is 0 Å². The Morgan fingerprint density at radius 1 is 1.23 bits per heavy atom. The summed E-state index contributed by atoms with van der Waals surface area (Å²) in [5, 5.41) is 8.30. The summed E-state index contributed by atoms with van der Waals surface area (Å²) >= 11 is 12.1. The summed E-state index contributed by atoms with van der Waals surface area (Å²) in [6.45, 7) is 3.86. The lowest BCUT2D eigenvalue weighted by Gasteiger charge is -2.26. The van der Waals surface area contributed by atoms with Crippen LogP contribution in [0.3, 0.4) is 0 Å². The molecule has 142 valence electrons. The number of carbonyl (C=O) groups excluding carboxylic acids is 3. The molecule has 1 aromatic rings. The molecule has 1 aromatic carbocycles. The zero-order valence-corrected chi connectivity index (χ0v) is 16.2. The second kappa shape index (κ2) is 9.21. The number of carbonyl (C=O) groups is 3. The van der Waals surface area contributed by atoms with E-state index in [-0.39, 0.29) is 18.5 Å². The highest BCUT2D eigenvalue weighted by molar-refractivity contribution is 6.39. The van der Waals surface area contributed by atoms with E-state index >= 15 is 0 Å². The summed E-state index contributed by atoms with van der Waals surface area (Å²) in [6.07, 6.45) is 1.87. The second-order valence-corrected chi connectivity index (χ2v) is 6.94. The van der Waals surface area contributed by atoms with Crippen LogP contribution in [-0.2, 0) is 9.59 Å². The minimum atomic E-state index is -0.655. The molecular formula is C17H22Cl2N4O3. The van der Waals surface area contributed by atoms with Crippen molar-refractivity contribution in [2.45, 2.75) is 38.8 Å². The minimum Gasteiger partial charge on any atom is -0.335 e. The predicted octanol–water partition coefficient (Wildman–Crippen LogP) is 2.63. The number of imide groups is 1. The number of benzene rings is 1. The zero-order chi connectivity index (χ0) is 19.3. The van der Waals surface area contributed by atoms with Gasteiger partial charge in [-0.15, -0.1) is 0 Å². The smallest absolute Gasteiger partial charge is 0.321 e. The molecule has 0 heterocycles. The number of likely N-dealkylation sites (N-methyl/N-ethyl adjacent to an activating group) is 1. The molecule has 1 unspecified atom stereocenters. The number of anilines is 1. The molecule has 0 spiro atoms. The number of nitrogens with zero attached hydrogens (tertiary/aromatic N) is 1. The fourth-order valence-electron chi connectivity index (χ4n) is 2.33. The number of urea groups is 1. The number of hydrogen-bond acceptors (Lipinski definition) is 4. The summed E-state index contributed by atoms with van der Waals surface area (Å²) in [5.74, 6) is -0.822. The van der Waals surface area contributed by atoms with Gasteiger partial charge in [0.2, 0.25) is 11.8 Å². The molecule has 0 radical (unpaired) electrons. The van der Waals surface area contributed by atoms with Crippen LogP contribution in [0, 0.1) is 0 Å². The molecule has 0 saturated heterocycles. The zero-order valence-electron chi connectivity index (χ0n) is 14.6. The Balaban J connectivity index is 1.90. The first-order valence-corrected chi connectivity index (χ1v) is 9.16. The molecule has 0 aliphatic heterocycles. The van der Waals surface area contributed by atoms with Crippen LogP contribution in [0.2, 0.25) is 10.0 Å². The molecule has 1 saturated carbocycles. The van der Waals surface area contributed by atoms with E-state index in [9.17, 15) is 14.4 Å². The third-order valence-corrected chi connectivity index (χ3v) is 4.69. The van der Waals surface area contributed by atoms with Crippen LogP contribution < -0.4 is 16.0 Å². The Kier molecular flexibility index (Phi) is 7.25. The molecule has 2 rings (SSSR count). The van der Waals surface area contributed by atoms with E-state index in [2.05, 4.69) is 16.0 Å². The summed E-state index contributed by atoms with van der Waals surface area (Å²) in [5.41, 5.74) is 0.331. The van der Waals surface area contributed by atoms with Crippen LogP contribution in [-0.4, -0.2) is 47.9 Å². The number of nitrogens with one attached hydrogen (secondary N) is 3. The number of amides is 4. The fraction of sp³-hybridized carbons (Fsp3) is 0.471. The van der Waals surface area contributed by atoms with Gasteiger partial charge < -0.3 is 10.6 Å². The molecule has 1 fully saturated rings. The largest absolute Gasteiger partial charge is 0.335 e. The van der Waals surface area contributed by atoms with E-state index in [0.29, 0.717) is 22.3 Å². The van der Waals surface area contributed by atoms with Crippen LogP contribution in [0.1, 0.15) is 26.7 Å². The fourth-order valence-corrected chi connectivity index (χ4v) is 2.83. The van der Waals surface area contributed by atoms with Gasteiger partial charge in [0.05, 0.1) is 28.3 Å². The van der Waals surface area contributed by atoms with Gasteiger partial charge in [-0.3, -0.25) is 19.8 Å². The number of rotatable bonds is 7. The average molecular weight is 401 g/mol. The summed E-state index contributed by atoms with van der Waals surface area (Å²) < 4.78 is 0. The highest BCUT2D eigenvalue weighted by Crippen LogP contribution is 2.29. The molecule has 9 heteroatoms. The normalized spacial score (nSPS) is 14.7. The van der Waals surface area contributed by atoms with Crippen molar-refractivity contribution in [3.05, 3.63) is 28.2 Å². The average Bonchev–Trinajstić information content (AvgIpc) is 3.39. The molecular weight excluding hydrogens is 379 g/mol. The third-order valence-electron chi connectivity index (χ3n) is 4.06. The van der Waals surface area contributed by atoms with Crippen LogP contribution >= 0.6 is 23.2 Å². The van der Waals surface area contributed by atoms with Gasteiger partial charge in [0.1, 0.15) is 0 Å². The predicted molar refractivity (Wildman–Crippen MR) is 101 cm³/mol. The van der Waals surface area contributed by atoms with E-state index in [1.165, 1.54) is 0 Å². The number of hydrogen-bond donors (Lipinski definition) is 3. The Labute approximate surface area is 162 Å². The lowest BCUT2D eigenvalue weighted by Crippen LogP contribution is -2.51. The maximum Gasteiger partial charge on any atom is 0.321 e. The van der Waals surface area contributed by atoms with Gasteiger partial charge in [-0.2, -0.15) is 0 Å². The van der Waals surface area contributed by atoms with Crippen molar-refractivity contribution >= 4 is 46.7 Å². The highest BCUT2D eigenvalue weighted by atomic mass is 35.5. The van der Waals surface area contributed by atoms with Gasteiger partial charge in [-0.1, -0.05) is 36.2 Å².